The first-order valence-corrected chi connectivity index (χ1v) is 9.34. The average Bonchev–Trinajstić information content (AvgIpc) is 3.17. The molecule has 0 bridgehead atoms. The normalized spacial score (nSPS) is 20.2. The molecule has 2 amide bonds. The second kappa shape index (κ2) is 7.75. The number of fused-ring (bicyclic) bond motifs is 1. The standard InChI is InChI=1S/C18H23N3O2S/c1-12(22)19-11-5-10-17(23)20-14-8-4-6-13(14)18-21-15-7-2-3-9-16(15)24-18/h2-3,7,9,13-14H,4-6,8,10-11H2,1H3,(H,19,22)(H,20,23)/t13-,14-/m1/s1. The van der Waals surface area contributed by atoms with E-state index in [-0.39, 0.29) is 17.9 Å². The Balaban J connectivity index is 1.57. The van der Waals surface area contributed by atoms with E-state index in [1.165, 1.54) is 11.6 Å². The molecule has 1 fully saturated rings. The van der Waals surface area contributed by atoms with Crippen molar-refractivity contribution in [2.24, 2.45) is 0 Å². The van der Waals surface area contributed by atoms with Crippen LogP contribution in [0.25, 0.3) is 10.2 Å². The Labute approximate surface area is 145 Å². The van der Waals surface area contributed by atoms with Crippen molar-refractivity contribution in [3.63, 3.8) is 0 Å². The lowest BCUT2D eigenvalue weighted by molar-refractivity contribution is -0.122. The van der Waals surface area contributed by atoms with E-state index < -0.39 is 0 Å². The minimum Gasteiger partial charge on any atom is -0.356 e. The van der Waals surface area contributed by atoms with E-state index in [2.05, 4.69) is 16.7 Å². The average molecular weight is 345 g/mol. The van der Waals surface area contributed by atoms with Gasteiger partial charge in [0.15, 0.2) is 0 Å². The second-order valence-corrected chi connectivity index (χ2v) is 7.38. The first kappa shape index (κ1) is 16.9. The van der Waals surface area contributed by atoms with Gasteiger partial charge in [0.25, 0.3) is 0 Å². The Kier molecular flexibility index (Phi) is 5.45. The SMILES string of the molecule is CC(=O)NCCCC(=O)N[C@@H]1CCC[C@H]1c1nc2ccccc2s1. The lowest BCUT2D eigenvalue weighted by Crippen LogP contribution is -2.36. The number of nitrogens with zero attached hydrogens (tertiary/aromatic N) is 1. The minimum absolute atomic E-state index is 0.0536. The highest BCUT2D eigenvalue weighted by Gasteiger charge is 2.31. The van der Waals surface area contributed by atoms with Gasteiger partial charge in [0.2, 0.25) is 11.8 Å². The molecule has 2 aromatic rings. The van der Waals surface area contributed by atoms with Crippen molar-refractivity contribution in [1.82, 2.24) is 15.6 Å². The van der Waals surface area contributed by atoms with E-state index in [1.54, 1.807) is 11.3 Å². The Morgan fingerprint density at radius 2 is 2.12 bits per heavy atom. The predicted molar refractivity (Wildman–Crippen MR) is 96.1 cm³/mol. The molecule has 2 atom stereocenters. The molecule has 2 N–H and O–H groups in total. The summed E-state index contributed by atoms with van der Waals surface area (Å²) in [5.41, 5.74) is 1.05. The molecule has 128 valence electrons. The number of aromatic nitrogens is 1. The first-order chi connectivity index (χ1) is 11.6. The summed E-state index contributed by atoms with van der Waals surface area (Å²) < 4.78 is 1.21. The number of carbonyl (C=O) groups excluding carboxylic acids is 2. The topological polar surface area (TPSA) is 71.1 Å². The van der Waals surface area contributed by atoms with Crippen LogP contribution in [-0.4, -0.2) is 29.4 Å². The molecule has 0 spiro atoms. The first-order valence-electron chi connectivity index (χ1n) is 8.53. The number of para-hydroxylation sites is 1. The van der Waals surface area contributed by atoms with Crippen LogP contribution < -0.4 is 10.6 Å². The number of nitrogens with one attached hydrogen (secondary N) is 2. The van der Waals surface area contributed by atoms with Gasteiger partial charge in [-0.25, -0.2) is 4.98 Å². The highest BCUT2D eigenvalue weighted by atomic mass is 32.1. The van der Waals surface area contributed by atoms with E-state index in [1.807, 2.05) is 18.2 Å². The monoisotopic (exact) mass is 345 g/mol. The van der Waals surface area contributed by atoms with E-state index >= 15 is 0 Å². The van der Waals surface area contributed by atoms with Crippen LogP contribution >= 0.6 is 11.3 Å². The molecule has 5 nitrogen and oxygen atoms in total. The zero-order chi connectivity index (χ0) is 16.9. The van der Waals surface area contributed by atoms with Gasteiger partial charge >= 0.3 is 0 Å². The van der Waals surface area contributed by atoms with E-state index in [0.717, 1.165) is 29.8 Å². The highest BCUT2D eigenvalue weighted by molar-refractivity contribution is 7.18. The summed E-state index contributed by atoms with van der Waals surface area (Å²) in [5, 5.41) is 7.03. The van der Waals surface area contributed by atoms with Crippen LogP contribution in [0.3, 0.4) is 0 Å². The van der Waals surface area contributed by atoms with Crippen molar-refractivity contribution in [2.45, 2.75) is 51.0 Å². The maximum atomic E-state index is 12.2. The Bertz CT molecular complexity index is 695. The van der Waals surface area contributed by atoms with Crippen LogP contribution in [0.5, 0.6) is 0 Å². The molecule has 3 rings (SSSR count). The Morgan fingerprint density at radius 1 is 1.29 bits per heavy atom. The van der Waals surface area contributed by atoms with Gasteiger partial charge in [0, 0.05) is 31.8 Å². The quantitative estimate of drug-likeness (QED) is 0.791. The second-order valence-electron chi connectivity index (χ2n) is 6.32. The summed E-state index contributed by atoms with van der Waals surface area (Å²) in [7, 11) is 0. The van der Waals surface area contributed by atoms with Gasteiger partial charge < -0.3 is 10.6 Å². The third kappa shape index (κ3) is 4.12. The van der Waals surface area contributed by atoms with Crippen molar-refractivity contribution in [3.05, 3.63) is 29.3 Å². The van der Waals surface area contributed by atoms with Crippen molar-refractivity contribution >= 4 is 33.4 Å². The third-order valence-corrected chi connectivity index (χ3v) is 5.61. The van der Waals surface area contributed by atoms with Gasteiger partial charge in [-0.2, -0.15) is 0 Å². The van der Waals surface area contributed by atoms with Crippen molar-refractivity contribution in [3.8, 4) is 0 Å². The summed E-state index contributed by atoms with van der Waals surface area (Å²) in [6.45, 7) is 2.04. The van der Waals surface area contributed by atoms with Gasteiger partial charge in [-0.05, 0) is 31.4 Å². The number of hydrogen-bond acceptors (Lipinski definition) is 4. The predicted octanol–water partition coefficient (Wildman–Crippen LogP) is 2.96. The van der Waals surface area contributed by atoms with Gasteiger partial charge in [0.1, 0.15) is 0 Å². The number of amides is 2. The Hall–Kier alpha value is -1.95. The molecule has 1 saturated carbocycles. The number of carbonyl (C=O) groups is 2. The van der Waals surface area contributed by atoms with Gasteiger partial charge in [-0.1, -0.05) is 18.6 Å². The molecular formula is C18H23N3O2S. The van der Waals surface area contributed by atoms with E-state index in [0.29, 0.717) is 25.3 Å². The molecule has 6 heteroatoms. The van der Waals surface area contributed by atoms with Crippen LogP contribution in [0.1, 0.15) is 50.0 Å². The van der Waals surface area contributed by atoms with Crippen LogP contribution in [0, 0.1) is 0 Å². The fraction of sp³-hybridized carbons (Fsp3) is 0.500. The maximum absolute atomic E-state index is 12.2. The molecule has 0 unspecified atom stereocenters. The third-order valence-electron chi connectivity index (χ3n) is 4.44. The summed E-state index contributed by atoms with van der Waals surface area (Å²) in [5.74, 6) is 0.335. The number of thiazole rings is 1. The lowest BCUT2D eigenvalue weighted by Gasteiger charge is -2.19. The van der Waals surface area contributed by atoms with Crippen LogP contribution in [0.4, 0.5) is 0 Å². The van der Waals surface area contributed by atoms with Crippen molar-refractivity contribution in [2.75, 3.05) is 6.54 Å². The number of hydrogen-bond donors (Lipinski definition) is 2. The largest absolute Gasteiger partial charge is 0.356 e. The van der Waals surface area contributed by atoms with Gasteiger partial charge in [-0.15, -0.1) is 11.3 Å². The maximum Gasteiger partial charge on any atom is 0.220 e. The zero-order valence-electron chi connectivity index (χ0n) is 13.9. The minimum atomic E-state index is -0.0536. The highest BCUT2D eigenvalue weighted by Crippen LogP contribution is 2.38. The Morgan fingerprint density at radius 3 is 2.92 bits per heavy atom. The van der Waals surface area contributed by atoms with E-state index in [9.17, 15) is 9.59 Å². The fourth-order valence-corrected chi connectivity index (χ4v) is 4.44. The van der Waals surface area contributed by atoms with Crippen molar-refractivity contribution < 1.29 is 9.59 Å². The molecule has 24 heavy (non-hydrogen) atoms. The molecule has 1 aromatic heterocycles. The van der Waals surface area contributed by atoms with Crippen LogP contribution in [0.2, 0.25) is 0 Å². The summed E-state index contributed by atoms with van der Waals surface area (Å²) in [4.78, 5) is 27.7. The smallest absolute Gasteiger partial charge is 0.220 e. The van der Waals surface area contributed by atoms with E-state index in [4.69, 9.17) is 4.98 Å². The zero-order valence-corrected chi connectivity index (χ0v) is 14.7. The van der Waals surface area contributed by atoms with Gasteiger partial charge in [0.05, 0.1) is 15.2 Å². The van der Waals surface area contributed by atoms with Crippen molar-refractivity contribution in [1.29, 1.82) is 0 Å². The molecule has 1 aromatic carbocycles. The summed E-state index contributed by atoms with van der Waals surface area (Å²) >= 11 is 1.74. The molecule has 1 heterocycles. The summed E-state index contributed by atoms with van der Waals surface area (Å²) in [6, 6.07) is 8.36. The molecule has 0 aliphatic heterocycles. The molecule has 0 saturated heterocycles. The number of rotatable bonds is 6. The van der Waals surface area contributed by atoms with Crippen LogP contribution in [0.15, 0.2) is 24.3 Å². The molecular weight excluding hydrogens is 322 g/mol. The molecule has 0 radical (unpaired) electrons. The molecule has 1 aliphatic rings. The van der Waals surface area contributed by atoms with Gasteiger partial charge in [-0.3, -0.25) is 9.59 Å². The number of benzene rings is 1. The molecule has 1 aliphatic carbocycles. The fourth-order valence-electron chi connectivity index (χ4n) is 3.27. The summed E-state index contributed by atoms with van der Waals surface area (Å²) in [6.07, 6.45) is 4.33. The lowest BCUT2D eigenvalue weighted by atomic mass is 10.0. The van der Waals surface area contributed by atoms with Crippen LogP contribution in [-0.2, 0) is 9.59 Å².